The summed E-state index contributed by atoms with van der Waals surface area (Å²) in [5.74, 6) is -1.47. The molecule has 7 nitrogen and oxygen atoms in total. The van der Waals surface area contributed by atoms with Crippen molar-refractivity contribution < 1.29 is 24.2 Å². The van der Waals surface area contributed by atoms with Crippen molar-refractivity contribution in [2.75, 3.05) is 6.61 Å². The molecule has 0 radical (unpaired) electrons. The molecule has 0 bridgehead atoms. The number of carbonyl (C=O) groups is 3. The Morgan fingerprint density at radius 2 is 1.53 bits per heavy atom. The Morgan fingerprint density at radius 3 is 2.03 bits per heavy atom. The number of fused-ring (bicyclic) bond motifs is 3. The topological polar surface area (TPSA) is 105 Å². The van der Waals surface area contributed by atoms with Gasteiger partial charge in [0.1, 0.15) is 12.6 Å². The number of aliphatic carboxylic acids is 1. The predicted molar refractivity (Wildman–Crippen MR) is 131 cm³/mol. The van der Waals surface area contributed by atoms with Crippen LogP contribution >= 0.6 is 0 Å². The first kappa shape index (κ1) is 25.3. The molecule has 1 aliphatic rings. The summed E-state index contributed by atoms with van der Waals surface area (Å²) in [5, 5.41) is 14.6. The lowest BCUT2D eigenvalue weighted by molar-refractivity contribution is -0.138. The van der Waals surface area contributed by atoms with Gasteiger partial charge in [0.25, 0.3) is 0 Å². The zero-order chi connectivity index (χ0) is 24.9. The summed E-state index contributed by atoms with van der Waals surface area (Å²) in [6.07, 6.45) is 0.432. The summed E-state index contributed by atoms with van der Waals surface area (Å²) in [7, 11) is 0. The lowest BCUT2D eigenvalue weighted by Gasteiger charge is -2.31. The van der Waals surface area contributed by atoms with Gasteiger partial charge >= 0.3 is 12.1 Å². The van der Waals surface area contributed by atoms with E-state index in [0.29, 0.717) is 6.42 Å². The monoisotopic (exact) mass is 466 g/mol. The highest BCUT2D eigenvalue weighted by Gasteiger charge is 2.35. The van der Waals surface area contributed by atoms with Crippen molar-refractivity contribution in [1.29, 1.82) is 0 Å². The molecule has 0 aliphatic heterocycles. The number of carboxylic acid groups (broad SMARTS) is 1. The van der Waals surface area contributed by atoms with Gasteiger partial charge in [0.15, 0.2) is 0 Å². The van der Waals surface area contributed by atoms with Crippen LogP contribution in [0.3, 0.4) is 0 Å². The fourth-order valence-corrected chi connectivity index (χ4v) is 4.50. The number of hydrogen-bond donors (Lipinski definition) is 3. The lowest BCUT2D eigenvalue weighted by Crippen LogP contribution is -2.55. The fourth-order valence-electron chi connectivity index (χ4n) is 4.50. The highest BCUT2D eigenvalue weighted by atomic mass is 16.5. The normalized spacial score (nSPS) is 14.5. The average molecular weight is 467 g/mol. The molecule has 0 aromatic heterocycles. The van der Waals surface area contributed by atoms with Crippen LogP contribution in [0.25, 0.3) is 11.1 Å². The van der Waals surface area contributed by atoms with E-state index in [2.05, 4.69) is 22.8 Å². The Morgan fingerprint density at radius 1 is 0.971 bits per heavy atom. The average Bonchev–Trinajstić information content (AvgIpc) is 3.08. The minimum Gasteiger partial charge on any atom is -0.481 e. The highest BCUT2D eigenvalue weighted by molar-refractivity contribution is 5.87. The maximum Gasteiger partial charge on any atom is 0.407 e. The Balaban J connectivity index is 1.68. The van der Waals surface area contributed by atoms with Gasteiger partial charge in [-0.1, -0.05) is 82.6 Å². The number of carbonyl (C=O) groups excluding carboxylic acids is 2. The Bertz CT molecular complexity index is 998. The van der Waals surface area contributed by atoms with Crippen LogP contribution < -0.4 is 10.6 Å². The van der Waals surface area contributed by atoms with Crippen LogP contribution in [0.4, 0.5) is 4.79 Å². The molecule has 2 amide bonds. The molecular formula is C27H34N2O5. The molecule has 2 atom stereocenters. The largest absolute Gasteiger partial charge is 0.481 e. The van der Waals surface area contributed by atoms with Gasteiger partial charge in [-0.05, 0) is 34.1 Å². The number of benzene rings is 2. The van der Waals surface area contributed by atoms with Gasteiger partial charge in [0.05, 0.1) is 6.42 Å². The van der Waals surface area contributed by atoms with Gasteiger partial charge in [-0.3, -0.25) is 9.59 Å². The molecule has 0 saturated carbocycles. The number of hydrogen-bond acceptors (Lipinski definition) is 4. The molecule has 3 rings (SSSR count). The molecule has 0 spiro atoms. The molecule has 0 heterocycles. The van der Waals surface area contributed by atoms with Gasteiger partial charge < -0.3 is 20.5 Å². The number of ether oxygens (including phenoxy) is 1. The van der Waals surface area contributed by atoms with E-state index in [4.69, 9.17) is 9.84 Å². The number of rotatable bonds is 9. The van der Waals surface area contributed by atoms with Crippen LogP contribution in [-0.2, 0) is 14.3 Å². The van der Waals surface area contributed by atoms with Crippen LogP contribution in [0.5, 0.6) is 0 Å². The van der Waals surface area contributed by atoms with E-state index in [1.54, 1.807) is 0 Å². The first-order chi connectivity index (χ1) is 16.1. The third-order valence-corrected chi connectivity index (χ3v) is 6.14. The number of alkyl carbamates (subject to hydrolysis) is 1. The SMILES string of the molecule is CCCC(CC(=O)O)NC(=O)[C@@H](NC(=O)OCC1c2ccccc2-c2ccccc21)C(C)(C)C. The maximum absolute atomic E-state index is 13.0. The predicted octanol–water partition coefficient (Wildman–Crippen LogP) is 4.70. The van der Waals surface area contributed by atoms with Crippen molar-refractivity contribution in [1.82, 2.24) is 10.6 Å². The standard InChI is InChI=1S/C27H34N2O5/c1-5-10-17(15-23(30)31)28-25(32)24(27(2,3)4)29-26(33)34-16-22-20-13-8-6-11-18(20)19-12-7-9-14-21(19)22/h6-9,11-14,17,22,24H,5,10,15-16H2,1-4H3,(H,28,32)(H,29,33)(H,30,31)/t17?,24-/m1/s1. The molecule has 0 saturated heterocycles. The summed E-state index contributed by atoms with van der Waals surface area (Å²) >= 11 is 0. The molecule has 34 heavy (non-hydrogen) atoms. The molecular weight excluding hydrogens is 432 g/mol. The molecule has 0 fully saturated rings. The minimum atomic E-state index is -0.976. The van der Waals surface area contributed by atoms with Gasteiger partial charge in [0.2, 0.25) is 5.91 Å². The minimum absolute atomic E-state index is 0.0791. The molecule has 1 unspecified atom stereocenters. The zero-order valence-electron chi connectivity index (χ0n) is 20.3. The van der Waals surface area contributed by atoms with E-state index >= 15 is 0 Å². The fraction of sp³-hybridized carbons (Fsp3) is 0.444. The molecule has 182 valence electrons. The van der Waals surface area contributed by atoms with E-state index in [-0.39, 0.29) is 18.9 Å². The molecule has 2 aromatic rings. The second kappa shape index (κ2) is 10.7. The van der Waals surface area contributed by atoms with E-state index < -0.39 is 35.5 Å². The van der Waals surface area contributed by atoms with Gasteiger partial charge in [-0.15, -0.1) is 0 Å². The Kier molecular flexibility index (Phi) is 7.97. The molecule has 7 heteroatoms. The Hall–Kier alpha value is -3.35. The number of carboxylic acids is 1. The van der Waals surface area contributed by atoms with Crippen LogP contribution in [0.15, 0.2) is 48.5 Å². The van der Waals surface area contributed by atoms with Crippen molar-refractivity contribution >= 4 is 18.0 Å². The van der Waals surface area contributed by atoms with Crippen LogP contribution in [0, 0.1) is 5.41 Å². The van der Waals surface area contributed by atoms with Crippen molar-refractivity contribution in [3.63, 3.8) is 0 Å². The van der Waals surface area contributed by atoms with Crippen LogP contribution in [-0.4, -0.2) is 41.8 Å². The van der Waals surface area contributed by atoms with E-state index in [1.807, 2.05) is 64.1 Å². The first-order valence-electron chi connectivity index (χ1n) is 11.8. The maximum atomic E-state index is 13.0. The van der Waals surface area contributed by atoms with Crippen molar-refractivity contribution in [3.8, 4) is 11.1 Å². The van der Waals surface area contributed by atoms with Crippen LogP contribution in [0.1, 0.15) is 64.0 Å². The second-order valence-electron chi connectivity index (χ2n) is 9.86. The van der Waals surface area contributed by atoms with E-state index in [0.717, 1.165) is 28.7 Å². The summed E-state index contributed by atoms with van der Waals surface area (Å²) in [6.45, 7) is 7.60. The lowest BCUT2D eigenvalue weighted by atomic mass is 9.86. The van der Waals surface area contributed by atoms with Crippen LogP contribution in [0.2, 0.25) is 0 Å². The van der Waals surface area contributed by atoms with Crippen molar-refractivity contribution in [3.05, 3.63) is 59.7 Å². The Labute approximate surface area is 200 Å². The summed E-state index contributed by atoms with van der Waals surface area (Å²) in [6, 6.07) is 14.8. The quantitative estimate of drug-likeness (QED) is 0.497. The first-order valence-corrected chi connectivity index (χ1v) is 11.8. The summed E-state index contributed by atoms with van der Waals surface area (Å²) in [4.78, 5) is 36.9. The van der Waals surface area contributed by atoms with Gasteiger partial charge in [0, 0.05) is 12.0 Å². The second-order valence-corrected chi connectivity index (χ2v) is 9.86. The summed E-state index contributed by atoms with van der Waals surface area (Å²) in [5.41, 5.74) is 3.89. The van der Waals surface area contributed by atoms with Crippen molar-refractivity contribution in [2.24, 2.45) is 5.41 Å². The smallest absolute Gasteiger partial charge is 0.407 e. The number of amides is 2. The molecule has 1 aliphatic carbocycles. The van der Waals surface area contributed by atoms with Crippen molar-refractivity contribution in [2.45, 2.75) is 65.0 Å². The summed E-state index contributed by atoms with van der Waals surface area (Å²) < 4.78 is 5.61. The third kappa shape index (κ3) is 5.95. The molecule has 3 N–H and O–H groups in total. The highest BCUT2D eigenvalue weighted by Crippen LogP contribution is 2.44. The van der Waals surface area contributed by atoms with E-state index in [9.17, 15) is 14.4 Å². The van der Waals surface area contributed by atoms with Gasteiger partial charge in [-0.2, -0.15) is 0 Å². The third-order valence-electron chi connectivity index (χ3n) is 6.14. The zero-order valence-corrected chi connectivity index (χ0v) is 20.3. The van der Waals surface area contributed by atoms with Gasteiger partial charge in [-0.25, -0.2) is 4.79 Å². The molecule has 2 aromatic carbocycles. The number of nitrogens with one attached hydrogen (secondary N) is 2. The van der Waals surface area contributed by atoms with E-state index in [1.165, 1.54) is 0 Å².